The maximum absolute atomic E-state index is 2.53. The van der Waals surface area contributed by atoms with Crippen LogP contribution < -0.4 is 0 Å². The van der Waals surface area contributed by atoms with Gasteiger partial charge in [0.05, 0.1) is 0 Å². The second-order valence-corrected chi connectivity index (χ2v) is 12.9. The lowest BCUT2D eigenvalue weighted by molar-refractivity contribution is 0.482. The van der Waals surface area contributed by atoms with Crippen LogP contribution in [0, 0.1) is 0 Å². The molecule has 0 radical (unpaired) electrons. The van der Waals surface area contributed by atoms with Crippen molar-refractivity contribution in [3.8, 4) is 0 Å². The number of benzene rings is 2. The van der Waals surface area contributed by atoms with Crippen LogP contribution in [0.1, 0.15) is 142 Å². The van der Waals surface area contributed by atoms with Crippen LogP contribution in [0.2, 0.25) is 0 Å². The molecule has 2 aromatic rings. The van der Waals surface area contributed by atoms with E-state index < -0.39 is 0 Å². The van der Waals surface area contributed by atoms with E-state index in [9.17, 15) is 0 Å². The molecule has 0 aliphatic heterocycles. The molecule has 0 N–H and O–H groups in total. The monoisotopic (exact) mass is 448 g/mol. The van der Waals surface area contributed by atoms with Gasteiger partial charge < -0.3 is 0 Å². The van der Waals surface area contributed by atoms with Crippen molar-refractivity contribution in [3.63, 3.8) is 0 Å². The first kappa shape index (κ1) is 27.7. The van der Waals surface area contributed by atoms with Crippen LogP contribution in [-0.2, 0) is 28.1 Å². The molecule has 0 saturated heterocycles. The molecule has 0 atom stereocenters. The maximum Gasteiger partial charge on any atom is -0.00199 e. The fraction of sp³-hybridized carbons (Fsp3) is 0.636. The summed E-state index contributed by atoms with van der Waals surface area (Å²) in [6.07, 6.45) is 5.61. The summed E-state index contributed by atoms with van der Waals surface area (Å²) in [5, 5.41) is 0. The van der Waals surface area contributed by atoms with Gasteiger partial charge in [-0.15, -0.1) is 0 Å². The predicted molar refractivity (Wildman–Crippen MR) is 149 cm³/mol. The quantitative estimate of drug-likeness (QED) is 0.339. The van der Waals surface area contributed by atoms with Crippen LogP contribution in [0.4, 0.5) is 0 Å². The van der Waals surface area contributed by atoms with E-state index in [-0.39, 0.29) is 21.7 Å². The Hall–Kier alpha value is -1.56. The van der Waals surface area contributed by atoms with E-state index in [2.05, 4.69) is 119 Å². The molecule has 0 heteroatoms. The summed E-state index contributed by atoms with van der Waals surface area (Å²) in [7, 11) is 0. The summed E-state index contributed by atoms with van der Waals surface area (Å²) in [4.78, 5) is 0. The first-order valence-electron chi connectivity index (χ1n) is 13.4. The molecule has 0 aliphatic rings. The van der Waals surface area contributed by atoms with Gasteiger partial charge in [0.15, 0.2) is 0 Å². The lowest BCUT2D eigenvalue weighted by Gasteiger charge is -2.33. The number of hydrogen-bond donors (Lipinski definition) is 0. The minimum atomic E-state index is 0.166. The van der Waals surface area contributed by atoms with Crippen molar-refractivity contribution in [2.24, 2.45) is 0 Å². The Labute approximate surface area is 206 Å². The summed E-state index contributed by atoms with van der Waals surface area (Å²) < 4.78 is 0. The van der Waals surface area contributed by atoms with Gasteiger partial charge in [-0.1, -0.05) is 119 Å². The molecule has 184 valence electrons. The van der Waals surface area contributed by atoms with Crippen LogP contribution in [0.3, 0.4) is 0 Å². The number of hydrogen-bond acceptors (Lipinski definition) is 0. The van der Waals surface area contributed by atoms with E-state index in [1.165, 1.54) is 33.4 Å². The van der Waals surface area contributed by atoms with E-state index >= 15 is 0 Å². The van der Waals surface area contributed by atoms with Crippen molar-refractivity contribution in [3.05, 3.63) is 69.8 Å². The van der Waals surface area contributed by atoms with Gasteiger partial charge in [0.25, 0.3) is 0 Å². The van der Waals surface area contributed by atoms with E-state index in [1.54, 1.807) is 0 Å². The Balaban J connectivity index is 2.68. The first-order chi connectivity index (χ1) is 15.1. The summed E-state index contributed by atoms with van der Waals surface area (Å²) >= 11 is 0. The molecule has 0 nitrogen and oxygen atoms in total. The molecule has 0 spiro atoms. The maximum atomic E-state index is 2.53. The SMILES string of the molecule is CCC(C)(C)c1ccc(Cc2ccc(C(C)(C)CC)cc2C(C)(C)CC)c(C(C)(C)CC)c1. The Kier molecular flexibility index (Phi) is 8.36. The van der Waals surface area contributed by atoms with Crippen molar-refractivity contribution in [2.75, 3.05) is 0 Å². The Morgan fingerprint density at radius 2 is 0.758 bits per heavy atom. The lowest BCUT2D eigenvalue weighted by Crippen LogP contribution is -2.24. The summed E-state index contributed by atoms with van der Waals surface area (Å²) in [6.45, 7) is 28.4. The van der Waals surface area contributed by atoms with Gasteiger partial charge in [0, 0.05) is 0 Å². The van der Waals surface area contributed by atoms with E-state index in [4.69, 9.17) is 0 Å². The van der Waals surface area contributed by atoms with Crippen molar-refractivity contribution in [2.45, 2.75) is 137 Å². The molecule has 0 amide bonds. The van der Waals surface area contributed by atoms with Crippen molar-refractivity contribution in [1.82, 2.24) is 0 Å². The molecule has 0 aliphatic carbocycles. The largest absolute Gasteiger partial charge is 0.0646 e. The van der Waals surface area contributed by atoms with Gasteiger partial charge in [-0.3, -0.25) is 0 Å². The van der Waals surface area contributed by atoms with Crippen LogP contribution in [-0.4, -0.2) is 0 Å². The minimum absolute atomic E-state index is 0.166. The summed E-state index contributed by atoms with van der Waals surface area (Å²) in [6, 6.07) is 14.7. The third-order valence-electron chi connectivity index (χ3n) is 9.16. The van der Waals surface area contributed by atoms with Gasteiger partial charge in [0.2, 0.25) is 0 Å². The highest BCUT2D eigenvalue weighted by molar-refractivity contribution is 5.46. The molecule has 2 aromatic carbocycles. The fourth-order valence-electron chi connectivity index (χ4n) is 4.56. The third-order valence-corrected chi connectivity index (χ3v) is 9.16. The van der Waals surface area contributed by atoms with Crippen LogP contribution in [0.25, 0.3) is 0 Å². The molecule has 0 unspecified atom stereocenters. The highest BCUT2D eigenvalue weighted by Crippen LogP contribution is 2.39. The Bertz CT molecular complexity index is 859. The zero-order valence-electron chi connectivity index (χ0n) is 24.0. The zero-order chi connectivity index (χ0) is 25.2. The van der Waals surface area contributed by atoms with Gasteiger partial charge in [-0.25, -0.2) is 0 Å². The first-order valence-corrected chi connectivity index (χ1v) is 13.4. The highest BCUT2D eigenvalue weighted by Gasteiger charge is 2.29. The number of rotatable bonds is 10. The highest BCUT2D eigenvalue weighted by atomic mass is 14.3. The average Bonchev–Trinajstić information content (AvgIpc) is 2.79. The smallest absolute Gasteiger partial charge is 0.00199 e. The summed E-state index contributed by atoms with van der Waals surface area (Å²) in [5.41, 5.74) is 9.74. The average molecular weight is 449 g/mol. The van der Waals surface area contributed by atoms with Crippen LogP contribution in [0.15, 0.2) is 36.4 Å². The van der Waals surface area contributed by atoms with E-state index in [1.807, 2.05) is 0 Å². The van der Waals surface area contributed by atoms with E-state index in [0.717, 1.165) is 32.1 Å². The van der Waals surface area contributed by atoms with Crippen molar-refractivity contribution in [1.29, 1.82) is 0 Å². The molecule has 0 aromatic heterocycles. The Morgan fingerprint density at radius 3 is 1.03 bits per heavy atom. The normalized spacial score (nSPS) is 13.5. The fourth-order valence-corrected chi connectivity index (χ4v) is 4.56. The van der Waals surface area contributed by atoms with Gasteiger partial charge in [-0.05, 0) is 87.1 Å². The van der Waals surface area contributed by atoms with Crippen molar-refractivity contribution < 1.29 is 0 Å². The van der Waals surface area contributed by atoms with Crippen LogP contribution >= 0.6 is 0 Å². The summed E-state index contributed by atoms with van der Waals surface area (Å²) in [5.74, 6) is 0. The molecule has 0 fully saturated rings. The third kappa shape index (κ3) is 5.93. The van der Waals surface area contributed by atoms with E-state index in [0.29, 0.717) is 0 Å². The molecule has 0 heterocycles. The minimum Gasteiger partial charge on any atom is -0.0646 e. The Morgan fingerprint density at radius 1 is 0.455 bits per heavy atom. The molecule has 0 bridgehead atoms. The van der Waals surface area contributed by atoms with Gasteiger partial charge in [0.1, 0.15) is 0 Å². The second kappa shape index (κ2) is 9.97. The molecular weight excluding hydrogens is 396 g/mol. The second-order valence-electron chi connectivity index (χ2n) is 12.9. The molecular formula is C33H52. The zero-order valence-corrected chi connectivity index (χ0v) is 24.0. The van der Waals surface area contributed by atoms with Crippen molar-refractivity contribution >= 4 is 0 Å². The topological polar surface area (TPSA) is 0 Å². The standard InChI is InChI=1S/C33H52/c1-13-30(5,6)26-19-17-24(28(22-26)32(9,10)15-3)21-25-18-20-27(31(7,8)14-2)23-29(25)33(11,12)16-4/h17-20,22-23H,13-16,21H2,1-12H3. The molecule has 0 saturated carbocycles. The molecule has 33 heavy (non-hydrogen) atoms. The lowest BCUT2D eigenvalue weighted by atomic mass is 9.72. The van der Waals surface area contributed by atoms with Crippen LogP contribution in [0.5, 0.6) is 0 Å². The van der Waals surface area contributed by atoms with Gasteiger partial charge >= 0.3 is 0 Å². The van der Waals surface area contributed by atoms with Gasteiger partial charge in [-0.2, -0.15) is 0 Å². The predicted octanol–water partition coefficient (Wildman–Crippen LogP) is 10.0. The molecule has 2 rings (SSSR count).